The van der Waals surface area contributed by atoms with E-state index in [1.54, 1.807) is 12.1 Å². The van der Waals surface area contributed by atoms with Gasteiger partial charge in [-0.05, 0) is 62.1 Å². The molecule has 1 aromatic heterocycles. The Kier molecular flexibility index (Phi) is 8.13. The topological polar surface area (TPSA) is 57.5 Å². The SMILES string of the molecule is Cc1c(Cc2ccc(C(=O)O)cc2)c2ccccc2n1CCCCN1CCNCC1.Cl. The molecule has 1 saturated heterocycles. The minimum Gasteiger partial charge on any atom is -0.478 e. The molecular weight excluding hydrogens is 410 g/mol. The van der Waals surface area contributed by atoms with Crippen LogP contribution in [0.2, 0.25) is 0 Å². The number of nitrogens with one attached hydrogen (secondary N) is 1. The van der Waals surface area contributed by atoms with Crippen LogP contribution in [0.15, 0.2) is 48.5 Å². The van der Waals surface area contributed by atoms with Gasteiger partial charge in [0.15, 0.2) is 0 Å². The van der Waals surface area contributed by atoms with Crippen molar-refractivity contribution < 1.29 is 9.90 Å². The maximum atomic E-state index is 11.1. The summed E-state index contributed by atoms with van der Waals surface area (Å²) in [6.45, 7) is 8.99. The summed E-state index contributed by atoms with van der Waals surface area (Å²) in [5, 5.41) is 13.9. The lowest BCUT2D eigenvalue weighted by molar-refractivity contribution is 0.0697. The first-order valence-electron chi connectivity index (χ1n) is 11.0. The first-order chi connectivity index (χ1) is 14.6. The van der Waals surface area contributed by atoms with E-state index in [9.17, 15) is 4.79 Å². The van der Waals surface area contributed by atoms with Gasteiger partial charge in [0, 0.05) is 49.3 Å². The minimum absolute atomic E-state index is 0. The predicted molar refractivity (Wildman–Crippen MR) is 129 cm³/mol. The summed E-state index contributed by atoms with van der Waals surface area (Å²) in [5.41, 5.74) is 5.44. The first-order valence-corrected chi connectivity index (χ1v) is 11.0. The molecule has 0 unspecified atom stereocenters. The lowest BCUT2D eigenvalue weighted by Gasteiger charge is -2.27. The molecule has 2 heterocycles. The summed E-state index contributed by atoms with van der Waals surface area (Å²) in [5.74, 6) is -0.879. The van der Waals surface area contributed by atoms with Gasteiger partial charge in [-0.3, -0.25) is 0 Å². The number of fused-ring (bicyclic) bond motifs is 1. The van der Waals surface area contributed by atoms with Crippen molar-refractivity contribution in [2.75, 3.05) is 32.7 Å². The molecule has 0 amide bonds. The van der Waals surface area contributed by atoms with Crippen LogP contribution in [0.3, 0.4) is 0 Å². The average molecular weight is 442 g/mol. The van der Waals surface area contributed by atoms with Gasteiger partial charge in [-0.15, -0.1) is 12.4 Å². The standard InChI is InChI=1S/C25H31N3O2.ClH/c1-19-23(18-20-8-10-21(11-9-20)25(29)30)22-6-2-3-7-24(22)28(19)15-5-4-14-27-16-12-26-13-17-27;/h2-3,6-11,26H,4-5,12-18H2,1H3,(H,29,30);1H. The Hall–Kier alpha value is -2.34. The van der Waals surface area contributed by atoms with Crippen LogP contribution in [0.4, 0.5) is 0 Å². The van der Waals surface area contributed by atoms with Crippen LogP contribution in [0.25, 0.3) is 10.9 Å². The first kappa shape index (κ1) is 23.3. The van der Waals surface area contributed by atoms with Crippen molar-refractivity contribution in [3.8, 4) is 0 Å². The molecule has 166 valence electrons. The van der Waals surface area contributed by atoms with Crippen LogP contribution in [-0.4, -0.2) is 53.3 Å². The fraction of sp³-hybridized carbons (Fsp3) is 0.400. The van der Waals surface area contributed by atoms with Crippen LogP contribution < -0.4 is 5.32 Å². The number of nitrogens with zero attached hydrogens (tertiary/aromatic N) is 2. The van der Waals surface area contributed by atoms with Gasteiger partial charge in [-0.1, -0.05) is 30.3 Å². The van der Waals surface area contributed by atoms with Crippen molar-refractivity contribution in [3.05, 3.63) is 70.9 Å². The van der Waals surface area contributed by atoms with Crippen LogP contribution in [0.5, 0.6) is 0 Å². The number of aryl methyl sites for hydroxylation is 1. The number of halogens is 1. The molecule has 0 bridgehead atoms. The molecule has 5 nitrogen and oxygen atoms in total. The largest absolute Gasteiger partial charge is 0.478 e. The Bertz CT molecular complexity index is 1010. The van der Waals surface area contributed by atoms with Gasteiger partial charge >= 0.3 is 5.97 Å². The molecule has 1 fully saturated rings. The number of aromatic carboxylic acids is 1. The molecule has 3 aromatic rings. The average Bonchev–Trinajstić information content (AvgIpc) is 3.03. The Morgan fingerprint density at radius 2 is 1.68 bits per heavy atom. The second-order valence-corrected chi connectivity index (χ2v) is 8.21. The van der Waals surface area contributed by atoms with Crippen molar-refractivity contribution in [1.29, 1.82) is 0 Å². The Labute approximate surface area is 190 Å². The Balaban J connectivity index is 0.00000272. The van der Waals surface area contributed by atoms with Gasteiger partial charge in [-0.2, -0.15) is 0 Å². The van der Waals surface area contributed by atoms with E-state index in [1.165, 1.54) is 41.5 Å². The highest BCUT2D eigenvalue weighted by molar-refractivity contribution is 5.88. The minimum atomic E-state index is -0.879. The van der Waals surface area contributed by atoms with E-state index >= 15 is 0 Å². The number of piperazine rings is 1. The molecule has 1 aliphatic rings. The zero-order valence-corrected chi connectivity index (χ0v) is 19.0. The lowest BCUT2D eigenvalue weighted by Crippen LogP contribution is -2.43. The van der Waals surface area contributed by atoms with Crippen LogP contribution in [0.1, 0.15) is 40.0 Å². The number of carboxylic acids is 1. The highest BCUT2D eigenvalue weighted by Crippen LogP contribution is 2.28. The number of benzene rings is 2. The van der Waals surface area contributed by atoms with Crippen LogP contribution >= 0.6 is 12.4 Å². The highest BCUT2D eigenvalue weighted by Gasteiger charge is 2.15. The van der Waals surface area contributed by atoms with Gasteiger partial charge in [0.05, 0.1) is 5.56 Å². The maximum absolute atomic E-state index is 11.1. The highest BCUT2D eigenvalue weighted by atomic mass is 35.5. The molecule has 0 radical (unpaired) electrons. The third kappa shape index (κ3) is 5.48. The zero-order chi connectivity index (χ0) is 20.9. The fourth-order valence-corrected chi connectivity index (χ4v) is 4.52. The van der Waals surface area contributed by atoms with Gasteiger partial charge in [0.1, 0.15) is 0 Å². The molecule has 2 N–H and O–H groups in total. The quantitative estimate of drug-likeness (QED) is 0.510. The Morgan fingerprint density at radius 3 is 2.39 bits per heavy atom. The van der Waals surface area contributed by atoms with Crippen molar-refractivity contribution >= 4 is 29.3 Å². The third-order valence-electron chi connectivity index (χ3n) is 6.26. The molecule has 0 saturated carbocycles. The smallest absolute Gasteiger partial charge is 0.335 e. The number of hydrogen-bond acceptors (Lipinski definition) is 3. The van der Waals surface area contributed by atoms with Crippen molar-refractivity contribution in [2.24, 2.45) is 0 Å². The number of aromatic nitrogens is 1. The number of carbonyl (C=O) groups is 1. The number of para-hydroxylation sites is 1. The van der Waals surface area contributed by atoms with Crippen molar-refractivity contribution in [3.63, 3.8) is 0 Å². The number of hydrogen-bond donors (Lipinski definition) is 2. The number of unbranched alkanes of at least 4 members (excludes halogenated alkanes) is 1. The summed E-state index contributed by atoms with van der Waals surface area (Å²) in [4.78, 5) is 13.7. The molecule has 6 heteroatoms. The van der Waals surface area contributed by atoms with E-state index in [-0.39, 0.29) is 12.4 Å². The van der Waals surface area contributed by atoms with Gasteiger partial charge in [-0.25, -0.2) is 4.79 Å². The van der Waals surface area contributed by atoms with Crippen molar-refractivity contribution in [1.82, 2.24) is 14.8 Å². The fourth-order valence-electron chi connectivity index (χ4n) is 4.52. The van der Waals surface area contributed by atoms with Gasteiger partial charge in [0.2, 0.25) is 0 Å². The third-order valence-corrected chi connectivity index (χ3v) is 6.26. The molecule has 31 heavy (non-hydrogen) atoms. The molecular formula is C25H32ClN3O2. The number of carboxylic acid groups (broad SMARTS) is 1. The second-order valence-electron chi connectivity index (χ2n) is 8.21. The predicted octanol–water partition coefficient (Wildman–Crippen LogP) is 4.35. The van der Waals surface area contributed by atoms with E-state index in [0.717, 1.165) is 44.7 Å². The van der Waals surface area contributed by atoms with Crippen LogP contribution in [-0.2, 0) is 13.0 Å². The molecule has 0 atom stereocenters. The summed E-state index contributed by atoms with van der Waals surface area (Å²) < 4.78 is 2.47. The lowest BCUT2D eigenvalue weighted by atomic mass is 10.0. The monoisotopic (exact) mass is 441 g/mol. The Morgan fingerprint density at radius 1 is 1.00 bits per heavy atom. The van der Waals surface area contributed by atoms with Crippen LogP contribution in [0, 0.1) is 6.92 Å². The second kappa shape index (κ2) is 10.8. The normalized spacial score (nSPS) is 14.5. The van der Waals surface area contributed by atoms with E-state index in [0.29, 0.717) is 5.56 Å². The van der Waals surface area contributed by atoms with E-state index < -0.39 is 5.97 Å². The summed E-state index contributed by atoms with van der Waals surface area (Å²) >= 11 is 0. The summed E-state index contributed by atoms with van der Waals surface area (Å²) in [6, 6.07) is 15.9. The number of rotatable bonds is 8. The summed E-state index contributed by atoms with van der Waals surface area (Å²) in [7, 11) is 0. The van der Waals surface area contributed by atoms with Crippen molar-refractivity contribution in [2.45, 2.75) is 32.7 Å². The van der Waals surface area contributed by atoms with Gasteiger partial charge < -0.3 is 19.9 Å². The molecule has 2 aromatic carbocycles. The van der Waals surface area contributed by atoms with E-state index in [1.807, 2.05) is 12.1 Å². The summed E-state index contributed by atoms with van der Waals surface area (Å²) in [6.07, 6.45) is 3.22. The van der Waals surface area contributed by atoms with E-state index in [4.69, 9.17) is 5.11 Å². The molecule has 0 aliphatic carbocycles. The molecule has 1 aliphatic heterocycles. The zero-order valence-electron chi connectivity index (χ0n) is 18.1. The molecule has 4 rings (SSSR count). The van der Waals surface area contributed by atoms with Gasteiger partial charge in [0.25, 0.3) is 0 Å². The molecule has 0 spiro atoms. The maximum Gasteiger partial charge on any atom is 0.335 e. The van der Waals surface area contributed by atoms with E-state index in [2.05, 4.69) is 46.0 Å².